The third-order valence-electron chi connectivity index (χ3n) is 4.16. The Kier molecular flexibility index (Phi) is 4.80. The molecule has 8 heteroatoms. The summed E-state index contributed by atoms with van der Waals surface area (Å²) in [5.41, 5.74) is 2.89. The summed E-state index contributed by atoms with van der Waals surface area (Å²) in [4.78, 5) is 20.7. The van der Waals surface area contributed by atoms with Crippen molar-refractivity contribution in [2.45, 2.75) is 19.5 Å². The monoisotopic (exact) mass is 378 g/mol. The average molecular weight is 378 g/mol. The third-order valence-corrected chi connectivity index (χ3v) is 5.20. The van der Waals surface area contributed by atoms with Crippen molar-refractivity contribution in [2.24, 2.45) is 0 Å². The number of thiazole rings is 1. The number of para-hydroxylation sites is 1. The first-order valence-electron chi connectivity index (χ1n) is 8.53. The van der Waals surface area contributed by atoms with Crippen molar-refractivity contribution in [1.82, 2.24) is 30.4 Å². The number of fused-ring (bicyclic) bond motifs is 1. The van der Waals surface area contributed by atoms with Crippen LogP contribution in [0.3, 0.4) is 0 Å². The van der Waals surface area contributed by atoms with Crippen LogP contribution in [0.5, 0.6) is 0 Å². The number of benzene rings is 2. The highest BCUT2D eigenvalue weighted by Crippen LogP contribution is 2.21. The molecule has 2 amide bonds. The molecule has 1 unspecified atom stereocenters. The van der Waals surface area contributed by atoms with Gasteiger partial charge in [-0.2, -0.15) is 5.10 Å². The number of rotatable bonds is 5. The normalized spacial score (nSPS) is 12.0. The highest BCUT2D eigenvalue weighted by molar-refractivity contribution is 7.18. The largest absolute Gasteiger partial charge is 0.332 e. The van der Waals surface area contributed by atoms with E-state index in [9.17, 15) is 4.79 Å². The van der Waals surface area contributed by atoms with Gasteiger partial charge in [-0.05, 0) is 36.8 Å². The van der Waals surface area contributed by atoms with Gasteiger partial charge in [0.15, 0.2) is 0 Å². The number of hydrogen-bond donors (Lipinski definition) is 2. The number of nitrogens with one attached hydrogen (secondary N) is 2. The van der Waals surface area contributed by atoms with E-state index in [0.717, 1.165) is 26.5 Å². The molecule has 4 rings (SSSR count). The molecule has 0 spiro atoms. The van der Waals surface area contributed by atoms with Gasteiger partial charge >= 0.3 is 6.03 Å². The average Bonchev–Trinajstić information content (AvgIpc) is 3.36. The van der Waals surface area contributed by atoms with E-state index in [1.807, 2.05) is 55.5 Å². The lowest BCUT2D eigenvalue weighted by Crippen LogP contribution is -2.36. The summed E-state index contributed by atoms with van der Waals surface area (Å²) in [5.74, 6) is 0. The molecule has 7 nitrogen and oxygen atoms in total. The molecule has 2 N–H and O–H groups in total. The summed E-state index contributed by atoms with van der Waals surface area (Å²) < 4.78 is 2.81. The van der Waals surface area contributed by atoms with Crippen LogP contribution in [-0.4, -0.2) is 25.8 Å². The fourth-order valence-corrected chi connectivity index (χ4v) is 3.65. The molecule has 1 atom stereocenters. The Bertz CT molecular complexity index is 1010. The van der Waals surface area contributed by atoms with Gasteiger partial charge in [0.1, 0.15) is 17.7 Å². The molecular formula is C19H18N6OS. The quantitative estimate of drug-likeness (QED) is 0.557. The fourth-order valence-electron chi connectivity index (χ4n) is 2.74. The fraction of sp³-hybridized carbons (Fsp3) is 0.158. The molecule has 0 radical (unpaired) electrons. The summed E-state index contributed by atoms with van der Waals surface area (Å²) >= 11 is 1.59. The van der Waals surface area contributed by atoms with Gasteiger partial charge in [0.25, 0.3) is 0 Å². The lowest BCUT2D eigenvalue weighted by molar-refractivity contribution is 0.237. The van der Waals surface area contributed by atoms with E-state index >= 15 is 0 Å². The van der Waals surface area contributed by atoms with Crippen molar-refractivity contribution in [3.63, 3.8) is 0 Å². The molecule has 0 aliphatic rings. The van der Waals surface area contributed by atoms with Gasteiger partial charge in [0.05, 0.1) is 28.5 Å². The minimum atomic E-state index is -0.220. The summed E-state index contributed by atoms with van der Waals surface area (Å²) in [7, 11) is 0. The topological polar surface area (TPSA) is 84.7 Å². The van der Waals surface area contributed by atoms with E-state index in [4.69, 9.17) is 0 Å². The first-order valence-corrected chi connectivity index (χ1v) is 9.34. The van der Waals surface area contributed by atoms with Crippen molar-refractivity contribution in [3.8, 4) is 5.69 Å². The van der Waals surface area contributed by atoms with Gasteiger partial charge in [-0.25, -0.2) is 19.4 Å². The van der Waals surface area contributed by atoms with E-state index in [1.165, 1.54) is 6.33 Å². The van der Waals surface area contributed by atoms with Crippen LogP contribution in [0.4, 0.5) is 4.79 Å². The Morgan fingerprint density at radius 1 is 1.19 bits per heavy atom. The molecular weight excluding hydrogens is 360 g/mol. The molecule has 136 valence electrons. The third kappa shape index (κ3) is 3.95. The predicted octanol–water partition coefficient (Wildman–Crippen LogP) is 3.44. The minimum Gasteiger partial charge on any atom is -0.332 e. The Morgan fingerprint density at radius 3 is 2.74 bits per heavy atom. The Hall–Kier alpha value is -3.26. The zero-order chi connectivity index (χ0) is 18.6. The highest BCUT2D eigenvalue weighted by Gasteiger charge is 2.11. The molecule has 27 heavy (non-hydrogen) atoms. The first kappa shape index (κ1) is 17.2. The maximum absolute atomic E-state index is 12.2. The highest BCUT2D eigenvalue weighted by atomic mass is 32.1. The molecule has 0 bridgehead atoms. The molecule has 0 saturated heterocycles. The van der Waals surface area contributed by atoms with Crippen molar-refractivity contribution in [2.75, 3.05) is 0 Å². The van der Waals surface area contributed by atoms with Crippen molar-refractivity contribution >= 4 is 27.6 Å². The SMILES string of the molecule is CC(NC(=O)NCc1nc2ccccc2s1)c1ccc(-n2cncn2)cc1. The van der Waals surface area contributed by atoms with Crippen molar-refractivity contribution < 1.29 is 4.79 Å². The number of amides is 2. The van der Waals surface area contributed by atoms with Crippen molar-refractivity contribution in [1.29, 1.82) is 0 Å². The number of carbonyl (C=O) groups excluding carboxylic acids is 1. The molecule has 2 aromatic heterocycles. The van der Waals surface area contributed by atoms with Crippen LogP contribution in [0, 0.1) is 0 Å². The second kappa shape index (κ2) is 7.55. The van der Waals surface area contributed by atoms with Gasteiger partial charge in [-0.3, -0.25) is 0 Å². The summed E-state index contributed by atoms with van der Waals surface area (Å²) in [6, 6.07) is 15.4. The van der Waals surface area contributed by atoms with Crippen LogP contribution >= 0.6 is 11.3 Å². The van der Waals surface area contributed by atoms with E-state index in [0.29, 0.717) is 6.54 Å². The summed E-state index contributed by atoms with van der Waals surface area (Å²) in [6.07, 6.45) is 3.14. The second-order valence-corrected chi connectivity index (χ2v) is 7.17. The van der Waals surface area contributed by atoms with E-state index in [-0.39, 0.29) is 12.1 Å². The van der Waals surface area contributed by atoms with Gasteiger partial charge in [-0.1, -0.05) is 24.3 Å². The number of hydrogen-bond acceptors (Lipinski definition) is 5. The first-order chi connectivity index (χ1) is 13.2. The molecule has 2 heterocycles. The maximum atomic E-state index is 12.2. The van der Waals surface area contributed by atoms with Crippen LogP contribution in [0.25, 0.3) is 15.9 Å². The number of carbonyl (C=O) groups is 1. The molecule has 0 fully saturated rings. The van der Waals surface area contributed by atoms with E-state index < -0.39 is 0 Å². The van der Waals surface area contributed by atoms with Crippen LogP contribution in [0.15, 0.2) is 61.2 Å². The molecule has 2 aromatic carbocycles. The molecule has 0 aliphatic heterocycles. The molecule has 4 aromatic rings. The maximum Gasteiger partial charge on any atom is 0.315 e. The molecule has 0 aliphatic carbocycles. The Labute approximate surface area is 160 Å². The van der Waals surface area contributed by atoms with Gasteiger partial charge < -0.3 is 10.6 Å². The number of aromatic nitrogens is 4. The Morgan fingerprint density at radius 2 is 2.00 bits per heavy atom. The standard InChI is InChI=1S/C19H18N6OS/c1-13(14-6-8-15(9-7-14)25-12-20-11-22-25)23-19(26)21-10-18-24-16-4-2-3-5-17(16)27-18/h2-9,11-13H,10H2,1H3,(H2,21,23,26). The van der Waals surface area contributed by atoms with Gasteiger partial charge in [0.2, 0.25) is 0 Å². The van der Waals surface area contributed by atoms with Crippen LogP contribution in [0.1, 0.15) is 23.5 Å². The Balaban J connectivity index is 1.33. The summed E-state index contributed by atoms with van der Waals surface area (Å²) in [5, 5.41) is 10.8. The second-order valence-electron chi connectivity index (χ2n) is 6.06. The van der Waals surface area contributed by atoms with Gasteiger partial charge in [-0.15, -0.1) is 11.3 Å². The smallest absolute Gasteiger partial charge is 0.315 e. The lowest BCUT2D eigenvalue weighted by Gasteiger charge is -2.15. The van der Waals surface area contributed by atoms with Crippen LogP contribution in [0.2, 0.25) is 0 Å². The zero-order valence-electron chi connectivity index (χ0n) is 14.7. The minimum absolute atomic E-state index is 0.120. The molecule has 0 saturated carbocycles. The van der Waals surface area contributed by atoms with Crippen LogP contribution < -0.4 is 10.6 Å². The van der Waals surface area contributed by atoms with Crippen molar-refractivity contribution in [3.05, 3.63) is 71.8 Å². The van der Waals surface area contributed by atoms with Crippen LogP contribution in [-0.2, 0) is 6.54 Å². The number of urea groups is 1. The lowest BCUT2D eigenvalue weighted by atomic mass is 10.1. The number of nitrogens with zero attached hydrogens (tertiary/aromatic N) is 4. The van der Waals surface area contributed by atoms with E-state index in [2.05, 4.69) is 25.7 Å². The summed E-state index contributed by atoms with van der Waals surface area (Å²) in [6.45, 7) is 2.35. The predicted molar refractivity (Wildman–Crippen MR) is 105 cm³/mol. The van der Waals surface area contributed by atoms with Gasteiger partial charge in [0, 0.05) is 0 Å². The van der Waals surface area contributed by atoms with E-state index in [1.54, 1.807) is 22.3 Å². The zero-order valence-corrected chi connectivity index (χ0v) is 15.5.